The third kappa shape index (κ3) is 3.37. The molecule has 0 atom stereocenters. The van der Waals surface area contributed by atoms with E-state index in [-0.39, 0.29) is 5.69 Å². The maximum Gasteiger partial charge on any atom is 0.269 e. The van der Waals surface area contributed by atoms with Crippen LogP contribution in [0.4, 0.5) is 11.4 Å². The third-order valence-electron chi connectivity index (χ3n) is 2.76. The summed E-state index contributed by atoms with van der Waals surface area (Å²) in [5.74, 6) is 0. The SMILES string of the molecule is Cc1nc(Cl)ccc1NCc1cc([N+](=O)[O-])ccc1Cl. The molecule has 0 unspecified atom stereocenters. The second-order valence-corrected chi connectivity index (χ2v) is 4.95. The van der Waals surface area contributed by atoms with Crippen molar-refractivity contribution in [3.63, 3.8) is 0 Å². The van der Waals surface area contributed by atoms with Crippen molar-refractivity contribution >= 4 is 34.6 Å². The Balaban J connectivity index is 2.18. The Labute approximate surface area is 125 Å². The number of nitro benzene ring substituents is 1. The van der Waals surface area contributed by atoms with Gasteiger partial charge in [-0.3, -0.25) is 10.1 Å². The number of hydrogen-bond acceptors (Lipinski definition) is 4. The van der Waals surface area contributed by atoms with E-state index in [4.69, 9.17) is 23.2 Å². The predicted octanol–water partition coefficient (Wildman–Crippen LogP) is 4.22. The van der Waals surface area contributed by atoms with Crippen LogP contribution in [0.5, 0.6) is 0 Å². The number of nitrogens with zero attached hydrogens (tertiary/aromatic N) is 2. The van der Waals surface area contributed by atoms with E-state index in [1.807, 2.05) is 6.92 Å². The first-order valence-electron chi connectivity index (χ1n) is 5.77. The van der Waals surface area contributed by atoms with Gasteiger partial charge in [0.1, 0.15) is 5.15 Å². The fourth-order valence-corrected chi connectivity index (χ4v) is 2.09. The van der Waals surface area contributed by atoms with Crippen LogP contribution >= 0.6 is 23.2 Å². The molecule has 0 spiro atoms. The van der Waals surface area contributed by atoms with E-state index in [9.17, 15) is 10.1 Å². The Morgan fingerprint density at radius 3 is 2.70 bits per heavy atom. The topological polar surface area (TPSA) is 68.1 Å². The highest BCUT2D eigenvalue weighted by atomic mass is 35.5. The zero-order valence-electron chi connectivity index (χ0n) is 10.6. The number of benzene rings is 1. The lowest BCUT2D eigenvalue weighted by atomic mass is 10.2. The van der Waals surface area contributed by atoms with Crippen LogP contribution < -0.4 is 5.32 Å². The van der Waals surface area contributed by atoms with Crippen molar-refractivity contribution in [3.8, 4) is 0 Å². The van der Waals surface area contributed by atoms with Crippen LogP contribution in [0, 0.1) is 17.0 Å². The monoisotopic (exact) mass is 311 g/mol. The quantitative estimate of drug-likeness (QED) is 0.521. The summed E-state index contributed by atoms with van der Waals surface area (Å²) in [5.41, 5.74) is 2.21. The number of hydrogen-bond donors (Lipinski definition) is 1. The minimum atomic E-state index is -0.449. The molecule has 1 aromatic carbocycles. The molecule has 0 fully saturated rings. The number of aromatic nitrogens is 1. The maximum atomic E-state index is 10.7. The maximum absolute atomic E-state index is 10.7. The molecule has 0 radical (unpaired) electrons. The molecule has 1 N–H and O–H groups in total. The highest BCUT2D eigenvalue weighted by Gasteiger charge is 2.10. The first-order valence-corrected chi connectivity index (χ1v) is 6.53. The number of non-ortho nitro benzene ring substituents is 1. The number of aryl methyl sites for hydroxylation is 1. The van der Waals surface area contributed by atoms with Crippen molar-refractivity contribution in [2.24, 2.45) is 0 Å². The molecule has 1 heterocycles. The van der Waals surface area contributed by atoms with Crippen molar-refractivity contribution in [1.29, 1.82) is 0 Å². The normalized spacial score (nSPS) is 10.3. The van der Waals surface area contributed by atoms with Crippen molar-refractivity contribution in [3.05, 3.63) is 61.9 Å². The van der Waals surface area contributed by atoms with Gasteiger partial charge in [0.15, 0.2) is 0 Å². The van der Waals surface area contributed by atoms with E-state index >= 15 is 0 Å². The summed E-state index contributed by atoms with van der Waals surface area (Å²) in [6.07, 6.45) is 0. The standard InChI is InChI=1S/C13H11Cl2N3O2/c1-8-12(4-5-13(15)17-8)16-7-9-6-10(18(19)20)2-3-11(9)14/h2-6,16H,7H2,1H3. The van der Waals surface area contributed by atoms with Gasteiger partial charge in [0, 0.05) is 23.7 Å². The first kappa shape index (κ1) is 14.6. The number of nitrogens with one attached hydrogen (secondary N) is 1. The molecule has 0 aliphatic heterocycles. The lowest BCUT2D eigenvalue weighted by Gasteiger charge is -2.10. The van der Waals surface area contributed by atoms with Crippen molar-refractivity contribution < 1.29 is 4.92 Å². The summed E-state index contributed by atoms with van der Waals surface area (Å²) in [6.45, 7) is 2.19. The third-order valence-corrected chi connectivity index (χ3v) is 3.34. The lowest BCUT2D eigenvalue weighted by molar-refractivity contribution is -0.384. The molecule has 2 aromatic rings. The second-order valence-electron chi connectivity index (χ2n) is 4.15. The summed E-state index contributed by atoms with van der Waals surface area (Å²) in [5, 5.41) is 14.8. The van der Waals surface area contributed by atoms with Crippen LogP contribution in [-0.2, 0) is 6.54 Å². The van der Waals surface area contributed by atoms with Gasteiger partial charge in [-0.05, 0) is 30.7 Å². The van der Waals surface area contributed by atoms with Crippen LogP contribution in [0.3, 0.4) is 0 Å². The molecule has 0 bridgehead atoms. The fourth-order valence-electron chi connectivity index (χ4n) is 1.72. The highest BCUT2D eigenvalue weighted by molar-refractivity contribution is 6.31. The van der Waals surface area contributed by atoms with Crippen molar-refractivity contribution in [2.75, 3.05) is 5.32 Å². The van der Waals surface area contributed by atoms with Gasteiger partial charge in [-0.25, -0.2) is 4.98 Å². The molecule has 104 valence electrons. The minimum Gasteiger partial charge on any atom is -0.379 e. The molecule has 0 saturated heterocycles. The highest BCUT2D eigenvalue weighted by Crippen LogP contribution is 2.24. The largest absolute Gasteiger partial charge is 0.379 e. The molecular weight excluding hydrogens is 301 g/mol. The van der Waals surface area contributed by atoms with E-state index in [1.165, 1.54) is 18.2 Å². The number of halogens is 2. The van der Waals surface area contributed by atoms with Gasteiger partial charge in [0.2, 0.25) is 0 Å². The number of nitro groups is 1. The second kappa shape index (κ2) is 6.07. The minimum absolute atomic E-state index is 0.0113. The molecule has 0 saturated carbocycles. The molecular formula is C13H11Cl2N3O2. The Morgan fingerprint density at radius 1 is 1.30 bits per heavy atom. The summed E-state index contributed by atoms with van der Waals surface area (Å²) in [4.78, 5) is 14.4. The Kier molecular flexibility index (Phi) is 4.42. The smallest absolute Gasteiger partial charge is 0.269 e. The van der Waals surface area contributed by atoms with E-state index < -0.39 is 4.92 Å². The average Bonchev–Trinajstić information content (AvgIpc) is 2.39. The van der Waals surface area contributed by atoms with Crippen LogP contribution in [0.2, 0.25) is 10.2 Å². The molecule has 7 heteroatoms. The van der Waals surface area contributed by atoms with Gasteiger partial charge in [0.25, 0.3) is 5.69 Å². The zero-order chi connectivity index (χ0) is 14.7. The van der Waals surface area contributed by atoms with Gasteiger partial charge in [-0.2, -0.15) is 0 Å². The Bertz CT molecular complexity index is 662. The molecule has 2 rings (SSSR count). The van der Waals surface area contributed by atoms with Crippen LogP contribution in [0.25, 0.3) is 0 Å². The van der Waals surface area contributed by atoms with Crippen LogP contribution in [0.15, 0.2) is 30.3 Å². The molecule has 20 heavy (non-hydrogen) atoms. The van der Waals surface area contributed by atoms with E-state index in [0.717, 1.165) is 11.4 Å². The molecule has 0 amide bonds. The number of rotatable bonds is 4. The van der Waals surface area contributed by atoms with Crippen molar-refractivity contribution in [2.45, 2.75) is 13.5 Å². The number of pyridine rings is 1. The van der Waals surface area contributed by atoms with Gasteiger partial charge < -0.3 is 5.32 Å². The van der Waals surface area contributed by atoms with Gasteiger partial charge in [0.05, 0.1) is 16.3 Å². The average molecular weight is 312 g/mol. The molecule has 0 aliphatic carbocycles. The number of anilines is 1. The summed E-state index contributed by atoms with van der Waals surface area (Å²) in [6, 6.07) is 7.82. The van der Waals surface area contributed by atoms with E-state index in [2.05, 4.69) is 10.3 Å². The molecule has 1 aromatic heterocycles. The summed E-state index contributed by atoms with van der Waals surface area (Å²) >= 11 is 11.8. The van der Waals surface area contributed by atoms with E-state index in [1.54, 1.807) is 12.1 Å². The molecule has 0 aliphatic rings. The van der Waals surface area contributed by atoms with Crippen molar-refractivity contribution in [1.82, 2.24) is 4.98 Å². The van der Waals surface area contributed by atoms with Crippen LogP contribution in [0.1, 0.15) is 11.3 Å². The summed E-state index contributed by atoms with van der Waals surface area (Å²) < 4.78 is 0. The fraction of sp³-hybridized carbons (Fsp3) is 0.154. The van der Waals surface area contributed by atoms with Gasteiger partial charge >= 0.3 is 0 Å². The Hall–Kier alpha value is -1.85. The van der Waals surface area contributed by atoms with Crippen LogP contribution in [-0.4, -0.2) is 9.91 Å². The zero-order valence-corrected chi connectivity index (χ0v) is 12.1. The predicted molar refractivity (Wildman–Crippen MR) is 79.4 cm³/mol. The summed E-state index contributed by atoms with van der Waals surface area (Å²) in [7, 11) is 0. The first-order chi connectivity index (χ1) is 9.47. The van der Waals surface area contributed by atoms with Gasteiger partial charge in [-0.15, -0.1) is 0 Å². The van der Waals surface area contributed by atoms with Gasteiger partial charge in [-0.1, -0.05) is 23.2 Å². The van der Waals surface area contributed by atoms with E-state index in [0.29, 0.717) is 22.3 Å². The molecule has 5 nitrogen and oxygen atoms in total. The Morgan fingerprint density at radius 2 is 2.05 bits per heavy atom. The lowest BCUT2D eigenvalue weighted by Crippen LogP contribution is -2.03.